The molecule has 1 aliphatic carbocycles. The van der Waals surface area contributed by atoms with Gasteiger partial charge in [0.15, 0.2) is 17.5 Å². The number of rotatable bonds is 11. The first-order valence-electron chi connectivity index (χ1n) is 9.89. The van der Waals surface area contributed by atoms with E-state index >= 15 is 0 Å². The van der Waals surface area contributed by atoms with Crippen LogP contribution < -0.4 is 20.1 Å². The Morgan fingerprint density at radius 2 is 2.04 bits per heavy atom. The smallest absolute Gasteiger partial charge is 0.387 e. The fraction of sp³-hybridized carbons (Fsp3) is 0.650. The van der Waals surface area contributed by atoms with E-state index in [4.69, 9.17) is 9.47 Å². The molecule has 0 bridgehead atoms. The van der Waals surface area contributed by atoms with Gasteiger partial charge in [-0.2, -0.15) is 8.78 Å². The number of nitrogens with zero attached hydrogens (tertiary/aromatic N) is 1. The number of para-hydroxylation sites is 1. The summed E-state index contributed by atoms with van der Waals surface area (Å²) in [7, 11) is 1.66. The molecule has 0 aromatic heterocycles. The maximum absolute atomic E-state index is 12.8. The van der Waals surface area contributed by atoms with E-state index in [1.54, 1.807) is 32.2 Å². The Labute approximate surface area is 165 Å². The summed E-state index contributed by atoms with van der Waals surface area (Å²) in [6.07, 6.45) is 6.16. The Bertz CT molecular complexity index is 608. The molecule has 2 N–H and O–H groups in total. The van der Waals surface area contributed by atoms with Gasteiger partial charge in [0.25, 0.3) is 0 Å². The first kappa shape index (κ1) is 22.2. The van der Waals surface area contributed by atoms with Crippen molar-refractivity contribution in [1.29, 1.82) is 0 Å². The summed E-state index contributed by atoms with van der Waals surface area (Å²) in [5.41, 5.74) is 0.568. The molecule has 0 aliphatic heterocycles. The zero-order valence-corrected chi connectivity index (χ0v) is 16.7. The topological polar surface area (TPSA) is 64.1 Å². The minimum Gasteiger partial charge on any atom is -0.490 e. The molecule has 0 saturated heterocycles. The molecule has 2 rings (SSSR count). The van der Waals surface area contributed by atoms with Gasteiger partial charge in [0.1, 0.15) is 0 Å². The highest BCUT2D eigenvalue weighted by molar-refractivity contribution is 5.79. The van der Waals surface area contributed by atoms with Crippen molar-refractivity contribution in [2.24, 2.45) is 4.99 Å². The van der Waals surface area contributed by atoms with Crippen LogP contribution >= 0.6 is 0 Å². The first-order chi connectivity index (χ1) is 13.6. The molecule has 0 heterocycles. The van der Waals surface area contributed by atoms with Gasteiger partial charge in [-0.3, -0.25) is 4.99 Å². The van der Waals surface area contributed by atoms with E-state index in [9.17, 15) is 8.78 Å². The number of alkyl halides is 2. The monoisotopic (exact) mass is 399 g/mol. The highest BCUT2D eigenvalue weighted by Crippen LogP contribution is 2.32. The second-order valence-corrected chi connectivity index (χ2v) is 6.54. The predicted octanol–water partition coefficient (Wildman–Crippen LogP) is 3.70. The maximum Gasteiger partial charge on any atom is 0.387 e. The molecule has 8 heteroatoms. The Hall–Kier alpha value is -2.09. The molecule has 28 heavy (non-hydrogen) atoms. The van der Waals surface area contributed by atoms with Crippen LogP contribution in [0.2, 0.25) is 0 Å². The van der Waals surface area contributed by atoms with Crippen LogP contribution in [-0.4, -0.2) is 45.5 Å². The van der Waals surface area contributed by atoms with Crippen LogP contribution in [0.1, 0.15) is 44.6 Å². The molecule has 0 atom stereocenters. The lowest BCUT2D eigenvalue weighted by Crippen LogP contribution is -2.37. The van der Waals surface area contributed by atoms with E-state index in [1.165, 1.54) is 25.7 Å². The van der Waals surface area contributed by atoms with Crippen molar-refractivity contribution in [3.8, 4) is 11.5 Å². The Morgan fingerprint density at radius 3 is 2.71 bits per heavy atom. The quantitative estimate of drug-likeness (QED) is 0.337. The second-order valence-electron chi connectivity index (χ2n) is 6.54. The average Bonchev–Trinajstić information content (AvgIpc) is 3.19. The molecule has 158 valence electrons. The van der Waals surface area contributed by atoms with Gasteiger partial charge < -0.3 is 24.8 Å². The van der Waals surface area contributed by atoms with Gasteiger partial charge in [0.05, 0.1) is 12.7 Å². The van der Waals surface area contributed by atoms with E-state index in [2.05, 4.69) is 20.4 Å². The molecule has 0 amide bonds. The first-order valence-corrected chi connectivity index (χ1v) is 9.89. The summed E-state index contributed by atoms with van der Waals surface area (Å²) in [5, 5.41) is 6.32. The summed E-state index contributed by atoms with van der Waals surface area (Å²) in [4.78, 5) is 4.16. The number of nitrogens with one attached hydrogen (secondary N) is 2. The van der Waals surface area contributed by atoms with Crippen molar-refractivity contribution in [3.05, 3.63) is 23.8 Å². The lowest BCUT2D eigenvalue weighted by atomic mass is 10.2. The third kappa shape index (κ3) is 7.50. The van der Waals surface area contributed by atoms with Crippen molar-refractivity contribution in [1.82, 2.24) is 10.6 Å². The standard InChI is InChI=1S/C20H31F2N3O3/c1-3-26-17-11-6-8-15(18(17)28-19(21)22)14-25-20(23-2)24-12-7-13-27-16-9-4-5-10-16/h6,8,11,16,19H,3-5,7,9-10,12-14H2,1-2H3,(H2,23,24,25). The molecular weight excluding hydrogens is 368 g/mol. The molecular formula is C20H31F2N3O3. The van der Waals surface area contributed by atoms with Gasteiger partial charge >= 0.3 is 6.61 Å². The number of hydrogen-bond donors (Lipinski definition) is 2. The lowest BCUT2D eigenvalue weighted by Gasteiger charge is -2.17. The summed E-state index contributed by atoms with van der Waals surface area (Å²) in [6, 6.07) is 5.08. The summed E-state index contributed by atoms with van der Waals surface area (Å²) >= 11 is 0. The van der Waals surface area contributed by atoms with Crippen molar-refractivity contribution >= 4 is 5.96 Å². The molecule has 1 aromatic rings. The van der Waals surface area contributed by atoms with Crippen molar-refractivity contribution in [3.63, 3.8) is 0 Å². The number of hydrogen-bond acceptors (Lipinski definition) is 4. The van der Waals surface area contributed by atoms with Crippen LogP contribution in [0.3, 0.4) is 0 Å². The van der Waals surface area contributed by atoms with Crippen LogP contribution in [0.15, 0.2) is 23.2 Å². The number of ether oxygens (including phenoxy) is 3. The van der Waals surface area contributed by atoms with Gasteiger partial charge in [-0.05, 0) is 32.3 Å². The van der Waals surface area contributed by atoms with E-state index in [0.29, 0.717) is 36.5 Å². The maximum atomic E-state index is 12.8. The Kier molecular flexibility index (Phi) is 9.82. The van der Waals surface area contributed by atoms with E-state index in [0.717, 1.165) is 13.0 Å². The van der Waals surface area contributed by atoms with Crippen LogP contribution in [0.5, 0.6) is 11.5 Å². The lowest BCUT2D eigenvalue weighted by molar-refractivity contribution is -0.0520. The second kappa shape index (κ2) is 12.4. The molecule has 1 aliphatic rings. The van der Waals surface area contributed by atoms with Crippen LogP contribution in [0.4, 0.5) is 8.78 Å². The largest absolute Gasteiger partial charge is 0.490 e. The van der Waals surface area contributed by atoms with Crippen molar-refractivity contribution < 1.29 is 23.0 Å². The molecule has 0 radical (unpaired) electrons. The van der Waals surface area contributed by atoms with Crippen LogP contribution in [-0.2, 0) is 11.3 Å². The summed E-state index contributed by atoms with van der Waals surface area (Å²) in [6.45, 7) is 0.949. The number of halogens is 2. The van der Waals surface area contributed by atoms with Gasteiger partial charge in [-0.15, -0.1) is 0 Å². The normalized spacial score (nSPS) is 15.1. The van der Waals surface area contributed by atoms with Crippen molar-refractivity contribution in [2.45, 2.75) is 58.3 Å². The third-order valence-corrected chi connectivity index (χ3v) is 4.51. The number of aliphatic imine (C=N–C) groups is 1. The van der Waals surface area contributed by atoms with E-state index < -0.39 is 6.61 Å². The van der Waals surface area contributed by atoms with E-state index in [-0.39, 0.29) is 12.3 Å². The molecule has 1 aromatic carbocycles. The van der Waals surface area contributed by atoms with Gasteiger partial charge in [0, 0.05) is 32.3 Å². The molecule has 0 unspecified atom stereocenters. The van der Waals surface area contributed by atoms with Crippen molar-refractivity contribution in [2.75, 3.05) is 26.8 Å². The predicted molar refractivity (Wildman–Crippen MR) is 105 cm³/mol. The summed E-state index contributed by atoms with van der Waals surface area (Å²) < 4.78 is 41.5. The van der Waals surface area contributed by atoms with Crippen LogP contribution in [0.25, 0.3) is 0 Å². The van der Waals surface area contributed by atoms with Gasteiger partial charge in [-0.1, -0.05) is 25.0 Å². The zero-order chi connectivity index (χ0) is 20.2. The minimum absolute atomic E-state index is 0.0484. The SMILES string of the molecule is CCOc1cccc(CNC(=NC)NCCCOC2CCCC2)c1OC(F)F. The fourth-order valence-corrected chi connectivity index (χ4v) is 3.18. The highest BCUT2D eigenvalue weighted by Gasteiger charge is 2.16. The minimum atomic E-state index is -2.92. The third-order valence-electron chi connectivity index (χ3n) is 4.51. The molecule has 1 fully saturated rings. The average molecular weight is 399 g/mol. The molecule has 0 spiro atoms. The summed E-state index contributed by atoms with van der Waals surface area (Å²) in [5.74, 6) is 0.937. The fourth-order valence-electron chi connectivity index (χ4n) is 3.18. The van der Waals surface area contributed by atoms with Crippen LogP contribution in [0, 0.1) is 0 Å². The molecule has 1 saturated carbocycles. The van der Waals surface area contributed by atoms with Gasteiger partial charge in [0.2, 0.25) is 0 Å². The Morgan fingerprint density at radius 1 is 1.25 bits per heavy atom. The Balaban J connectivity index is 1.80. The number of guanidine groups is 1. The molecule has 6 nitrogen and oxygen atoms in total. The van der Waals surface area contributed by atoms with E-state index in [1.807, 2.05) is 0 Å². The van der Waals surface area contributed by atoms with Gasteiger partial charge in [-0.25, -0.2) is 0 Å². The number of benzene rings is 1. The highest BCUT2D eigenvalue weighted by atomic mass is 19.3. The zero-order valence-electron chi connectivity index (χ0n) is 16.7.